The third-order valence-electron chi connectivity index (χ3n) is 6.07. The number of rotatable bonds is 7. The Morgan fingerprint density at radius 1 is 1.29 bits per heavy atom. The van der Waals surface area contributed by atoms with Crippen molar-refractivity contribution in [2.75, 3.05) is 18.8 Å². The van der Waals surface area contributed by atoms with Crippen LogP contribution in [0.1, 0.15) is 38.3 Å². The van der Waals surface area contributed by atoms with Gasteiger partial charge in [0, 0.05) is 25.2 Å². The molecule has 0 spiro atoms. The van der Waals surface area contributed by atoms with E-state index in [1.807, 2.05) is 28.9 Å². The smallest absolute Gasteiger partial charge is 0.246 e. The summed E-state index contributed by atoms with van der Waals surface area (Å²) in [6, 6.07) is 7.42. The third-order valence-corrected chi connectivity index (χ3v) is 7.86. The molecule has 34 heavy (non-hydrogen) atoms. The zero-order valence-corrected chi connectivity index (χ0v) is 20.1. The van der Waals surface area contributed by atoms with Gasteiger partial charge in [-0.25, -0.2) is 27.8 Å². The molecule has 1 aromatic carbocycles. The van der Waals surface area contributed by atoms with E-state index < -0.39 is 15.3 Å². The molecule has 3 aromatic rings. The van der Waals surface area contributed by atoms with Crippen LogP contribution < -0.4 is 10.5 Å². The van der Waals surface area contributed by atoms with Crippen LogP contribution in [0.25, 0.3) is 22.3 Å². The molecule has 1 atom stereocenters. The Morgan fingerprint density at radius 3 is 2.71 bits per heavy atom. The first kappa shape index (κ1) is 23.8. The summed E-state index contributed by atoms with van der Waals surface area (Å²) >= 11 is 0. The number of nitrogens with one attached hydrogen (secondary N) is 1. The average molecular weight is 484 g/mol. The molecule has 1 saturated heterocycles. The van der Waals surface area contributed by atoms with Gasteiger partial charge in [-0.15, -0.1) is 0 Å². The van der Waals surface area contributed by atoms with Gasteiger partial charge in [-0.1, -0.05) is 30.8 Å². The van der Waals surface area contributed by atoms with Crippen LogP contribution in [0.5, 0.6) is 0 Å². The van der Waals surface area contributed by atoms with E-state index >= 15 is 0 Å². The summed E-state index contributed by atoms with van der Waals surface area (Å²) in [5, 5.41) is 5.02. The summed E-state index contributed by atoms with van der Waals surface area (Å²) in [5.41, 5.74) is 9.14. The second-order valence-corrected chi connectivity index (χ2v) is 11.0. The lowest BCUT2D eigenvalue weighted by molar-refractivity contribution is -0.127. The van der Waals surface area contributed by atoms with Gasteiger partial charge in [0.05, 0.1) is 16.7 Å². The fourth-order valence-corrected chi connectivity index (χ4v) is 4.77. The molecule has 1 aliphatic rings. The number of hydrogen-bond donors (Lipinski definition) is 2. The van der Waals surface area contributed by atoms with Crippen LogP contribution in [-0.4, -0.2) is 57.3 Å². The van der Waals surface area contributed by atoms with Gasteiger partial charge in [-0.2, -0.15) is 5.10 Å². The first-order chi connectivity index (χ1) is 16.2. The largest absolute Gasteiger partial charge is 0.383 e. The van der Waals surface area contributed by atoms with Crippen molar-refractivity contribution in [3.63, 3.8) is 0 Å². The summed E-state index contributed by atoms with van der Waals surface area (Å²) < 4.78 is 28.5. The van der Waals surface area contributed by atoms with Crippen LogP contribution >= 0.6 is 0 Å². The molecular formula is C23H29N7O3S. The molecule has 10 nitrogen and oxygen atoms in total. The second-order valence-electron chi connectivity index (χ2n) is 8.65. The van der Waals surface area contributed by atoms with Crippen molar-refractivity contribution in [1.82, 2.24) is 29.4 Å². The molecule has 1 amide bonds. The molecule has 0 saturated carbocycles. The number of hydrogen-bond acceptors (Lipinski definition) is 7. The molecule has 180 valence electrons. The predicted molar refractivity (Wildman–Crippen MR) is 131 cm³/mol. The Kier molecular flexibility index (Phi) is 6.67. The maximum atomic E-state index is 12.2. The normalized spacial score (nSPS) is 16.8. The Morgan fingerprint density at radius 2 is 2.03 bits per heavy atom. The number of anilines is 1. The summed E-state index contributed by atoms with van der Waals surface area (Å²) in [7, 11) is -3.35. The van der Waals surface area contributed by atoms with Gasteiger partial charge in [0.2, 0.25) is 15.9 Å². The number of nitrogens with two attached hydrogens (primary N) is 1. The zero-order valence-electron chi connectivity index (χ0n) is 19.3. The van der Waals surface area contributed by atoms with Crippen molar-refractivity contribution in [2.24, 2.45) is 0 Å². The molecule has 1 fully saturated rings. The first-order valence-corrected chi connectivity index (χ1v) is 12.7. The highest BCUT2D eigenvalue weighted by Gasteiger charge is 2.28. The first-order valence-electron chi connectivity index (χ1n) is 11.2. The predicted octanol–water partition coefficient (Wildman–Crippen LogP) is 2.25. The highest BCUT2D eigenvalue weighted by Crippen LogP contribution is 2.33. The molecule has 1 aliphatic heterocycles. The van der Waals surface area contributed by atoms with Gasteiger partial charge in [0.25, 0.3) is 0 Å². The zero-order chi connectivity index (χ0) is 24.5. The Labute approximate surface area is 198 Å². The van der Waals surface area contributed by atoms with Crippen molar-refractivity contribution < 1.29 is 13.2 Å². The lowest BCUT2D eigenvalue weighted by Gasteiger charge is -2.32. The van der Waals surface area contributed by atoms with E-state index in [0.29, 0.717) is 35.6 Å². The number of nitrogen functional groups attached to an aromatic ring is 1. The maximum absolute atomic E-state index is 12.2. The number of benzene rings is 1. The second kappa shape index (κ2) is 9.51. The summed E-state index contributed by atoms with van der Waals surface area (Å²) in [6.45, 7) is 8.27. The number of amides is 1. The lowest BCUT2D eigenvalue weighted by Crippen LogP contribution is -2.40. The van der Waals surface area contributed by atoms with Crippen LogP contribution in [0.3, 0.4) is 0 Å². The van der Waals surface area contributed by atoms with E-state index in [2.05, 4.69) is 21.3 Å². The number of sulfonamides is 1. The van der Waals surface area contributed by atoms with Crippen LogP contribution in [-0.2, 0) is 21.4 Å². The lowest BCUT2D eigenvalue weighted by atomic mass is 10.1. The average Bonchev–Trinajstić information content (AvgIpc) is 3.23. The van der Waals surface area contributed by atoms with Gasteiger partial charge in [0.1, 0.15) is 17.8 Å². The quantitative estimate of drug-likeness (QED) is 0.492. The highest BCUT2D eigenvalue weighted by atomic mass is 32.2. The van der Waals surface area contributed by atoms with E-state index in [-0.39, 0.29) is 18.5 Å². The minimum absolute atomic E-state index is 0.0482. The SMILES string of the molecule is C=CC(=O)N1CCCC(n2nc(-c3ccc(CNS(=O)(=O)C(C)C)cc3)c3c(N)ncnc32)C1. The van der Waals surface area contributed by atoms with E-state index in [9.17, 15) is 13.2 Å². The molecule has 1 unspecified atom stereocenters. The van der Waals surface area contributed by atoms with Gasteiger partial charge in [-0.05, 0) is 38.3 Å². The number of nitrogens with zero attached hydrogens (tertiary/aromatic N) is 5. The fourth-order valence-electron chi connectivity index (χ4n) is 4.07. The van der Waals surface area contributed by atoms with Crippen molar-refractivity contribution in [2.45, 2.75) is 44.5 Å². The molecule has 0 aliphatic carbocycles. The monoisotopic (exact) mass is 483 g/mol. The van der Waals surface area contributed by atoms with Crippen LogP contribution in [0.2, 0.25) is 0 Å². The van der Waals surface area contributed by atoms with Crippen LogP contribution in [0.15, 0.2) is 43.2 Å². The number of likely N-dealkylation sites (tertiary alicyclic amines) is 1. The van der Waals surface area contributed by atoms with E-state index in [4.69, 9.17) is 10.8 Å². The fraction of sp³-hybridized carbons (Fsp3) is 0.391. The van der Waals surface area contributed by atoms with Crippen LogP contribution in [0, 0.1) is 0 Å². The summed E-state index contributed by atoms with van der Waals surface area (Å²) in [6.07, 6.45) is 4.45. The number of carbonyl (C=O) groups is 1. The number of fused-ring (bicyclic) bond motifs is 1. The van der Waals surface area contributed by atoms with Gasteiger partial charge >= 0.3 is 0 Å². The minimum Gasteiger partial charge on any atom is -0.383 e. The number of aromatic nitrogens is 4. The molecule has 3 heterocycles. The molecule has 4 rings (SSSR count). The standard InChI is InChI=1S/C23H29N7O3S/c1-4-19(31)29-11-5-6-18(13-29)30-23-20(22(24)25-14-26-23)21(28-30)17-9-7-16(8-10-17)12-27-34(32,33)15(2)3/h4,7-10,14-15,18,27H,1,5-6,11-13H2,2-3H3,(H2,24,25,26). The Bertz CT molecular complexity index is 1320. The number of piperidine rings is 1. The number of carbonyl (C=O) groups excluding carboxylic acids is 1. The molecule has 3 N–H and O–H groups in total. The van der Waals surface area contributed by atoms with E-state index in [0.717, 1.165) is 24.0 Å². The van der Waals surface area contributed by atoms with E-state index in [1.54, 1.807) is 18.7 Å². The maximum Gasteiger partial charge on any atom is 0.246 e. The molecule has 0 bridgehead atoms. The molecule has 2 aromatic heterocycles. The third kappa shape index (κ3) is 4.66. The van der Waals surface area contributed by atoms with Crippen molar-refractivity contribution >= 4 is 32.8 Å². The minimum atomic E-state index is -3.35. The molecule has 11 heteroatoms. The van der Waals surface area contributed by atoms with Crippen molar-refractivity contribution in [1.29, 1.82) is 0 Å². The van der Waals surface area contributed by atoms with Gasteiger partial charge in [0.15, 0.2) is 5.65 Å². The summed E-state index contributed by atoms with van der Waals surface area (Å²) in [5.74, 6) is 0.231. The van der Waals surface area contributed by atoms with E-state index in [1.165, 1.54) is 12.4 Å². The van der Waals surface area contributed by atoms with Gasteiger partial charge < -0.3 is 10.6 Å². The van der Waals surface area contributed by atoms with Crippen molar-refractivity contribution in [3.8, 4) is 11.3 Å². The molecule has 0 radical (unpaired) electrons. The highest BCUT2D eigenvalue weighted by molar-refractivity contribution is 7.90. The molecular weight excluding hydrogens is 454 g/mol. The topological polar surface area (TPSA) is 136 Å². The Balaban J connectivity index is 1.66. The Hall–Kier alpha value is -3.31. The van der Waals surface area contributed by atoms with Crippen molar-refractivity contribution in [3.05, 3.63) is 48.8 Å². The summed E-state index contributed by atoms with van der Waals surface area (Å²) in [4.78, 5) is 22.5. The van der Waals surface area contributed by atoms with Crippen LogP contribution in [0.4, 0.5) is 5.82 Å². The van der Waals surface area contributed by atoms with Gasteiger partial charge in [-0.3, -0.25) is 4.79 Å².